The van der Waals surface area contributed by atoms with Crippen LogP contribution in [-0.4, -0.2) is 4.98 Å². The van der Waals surface area contributed by atoms with Crippen LogP contribution in [0.2, 0.25) is 0 Å². The Balaban J connectivity index is 2.97. The van der Waals surface area contributed by atoms with E-state index in [1.54, 1.807) is 6.20 Å². The fourth-order valence-corrected chi connectivity index (χ4v) is 1.44. The molecule has 0 aromatic carbocycles. The summed E-state index contributed by atoms with van der Waals surface area (Å²) in [5.41, 5.74) is 5.23. The molecule has 0 bridgehead atoms. The van der Waals surface area contributed by atoms with Gasteiger partial charge >= 0.3 is 0 Å². The molecule has 3 heteroatoms. The topological polar surface area (TPSA) is 50.9 Å². The molecule has 3 N–H and O–H groups in total. The van der Waals surface area contributed by atoms with Crippen LogP contribution in [0.4, 0.5) is 0 Å². The van der Waals surface area contributed by atoms with Crippen molar-refractivity contribution in [2.45, 2.75) is 26.8 Å². The van der Waals surface area contributed by atoms with E-state index in [1.165, 1.54) is 11.1 Å². The summed E-state index contributed by atoms with van der Waals surface area (Å²) in [4.78, 5) is 4.10. The minimum absolute atomic E-state index is 0.189. The maximum Gasteiger partial charge on any atom is 0.0500 e. The second-order valence-corrected chi connectivity index (χ2v) is 3.62. The standard InChI is InChI=1S/C10H17N3/c1-7(2)10(13-11)9-6-12-5-4-8(9)3/h4-7,10,13H,11H2,1-3H3. The Morgan fingerprint density at radius 3 is 2.62 bits per heavy atom. The van der Waals surface area contributed by atoms with Crippen LogP contribution in [0.25, 0.3) is 0 Å². The quantitative estimate of drug-likeness (QED) is 0.546. The molecule has 0 saturated heterocycles. The van der Waals surface area contributed by atoms with Crippen LogP contribution in [0.3, 0.4) is 0 Å². The first-order valence-corrected chi connectivity index (χ1v) is 4.53. The average Bonchev–Trinajstić information content (AvgIpc) is 2.09. The Kier molecular flexibility index (Phi) is 3.39. The van der Waals surface area contributed by atoms with Crippen molar-refractivity contribution in [3.05, 3.63) is 29.6 Å². The van der Waals surface area contributed by atoms with E-state index in [4.69, 9.17) is 5.84 Å². The first-order valence-electron chi connectivity index (χ1n) is 4.53. The van der Waals surface area contributed by atoms with Crippen molar-refractivity contribution in [1.29, 1.82) is 0 Å². The molecule has 0 amide bonds. The normalized spacial score (nSPS) is 13.3. The highest BCUT2D eigenvalue weighted by Gasteiger charge is 2.15. The molecular weight excluding hydrogens is 162 g/mol. The number of hydrazine groups is 1. The predicted octanol–water partition coefficient (Wildman–Crippen LogP) is 1.55. The molecule has 1 unspecified atom stereocenters. The van der Waals surface area contributed by atoms with Crippen LogP contribution in [-0.2, 0) is 0 Å². The third kappa shape index (κ3) is 2.26. The van der Waals surface area contributed by atoms with Crippen molar-refractivity contribution in [1.82, 2.24) is 10.4 Å². The summed E-state index contributed by atoms with van der Waals surface area (Å²) < 4.78 is 0. The van der Waals surface area contributed by atoms with E-state index in [1.807, 2.05) is 12.3 Å². The fourth-order valence-electron chi connectivity index (χ4n) is 1.44. The van der Waals surface area contributed by atoms with Crippen molar-refractivity contribution in [3.63, 3.8) is 0 Å². The lowest BCUT2D eigenvalue weighted by atomic mass is 9.95. The Bertz CT molecular complexity index is 271. The van der Waals surface area contributed by atoms with Crippen LogP contribution < -0.4 is 11.3 Å². The molecule has 1 atom stereocenters. The second-order valence-electron chi connectivity index (χ2n) is 3.62. The third-order valence-electron chi connectivity index (χ3n) is 2.26. The van der Waals surface area contributed by atoms with Gasteiger partial charge in [0.15, 0.2) is 0 Å². The maximum absolute atomic E-state index is 5.50. The van der Waals surface area contributed by atoms with Crippen molar-refractivity contribution in [2.24, 2.45) is 11.8 Å². The number of hydrogen-bond acceptors (Lipinski definition) is 3. The molecule has 0 aliphatic heterocycles. The molecule has 0 aliphatic carbocycles. The van der Waals surface area contributed by atoms with Crippen molar-refractivity contribution in [3.8, 4) is 0 Å². The summed E-state index contributed by atoms with van der Waals surface area (Å²) in [7, 11) is 0. The first kappa shape index (κ1) is 10.2. The minimum Gasteiger partial charge on any atom is -0.271 e. The monoisotopic (exact) mass is 179 g/mol. The Morgan fingerprint density at radius 1 is 1.46 bits per heavy atom. The van der Waals surface area contributed by atoms with E-state index in [2.05, 4.69) is 31.2 Å². The van der Waals surface area contributed by atoms with Crippen LogP contribution in [0.5, 0.6) is 0 Å². The predicted molar refractivity (Wildman–Crippen MR) is 53.9 cm³/mol. The summed E-state index contributed by atoms with van der Waals surface area (Å²) in [6.07, 6.45) is 3.67. The number of rotatable bonds is 3. The number of nitrogens with one attached hydrogen (secondary N) is 1. The van der Waals surface area contributed by atoms with E-state index in [0.29, 0.717) is 5.92 Å². The lowest BCUT2D eigenvalue weighted by Crippen LogP contribution is -2.32. The molecular formula is C10H17N3. The van der Waals surface area contributed by atoms with Gasteiger partial charge in [-0.3, -0.25) is 16.3 Å². The van der Waals surface area contributed by atoms with Gasteiger partial charge < -0.3 is 0 Å². The number of aromatic nitrogens is 1. The van der Waals surface area contributed by atoms with E-state index in [-0.39, 0.29) is 6.04 Å². The smallest absolute Gasteiger partial charge is 0.0500 e. The van der Waals surface area contributed by atoms with Crippen LogP contribution in [0.15, 0.2) is 18.5 Å². The molecule has 13 heavy (non-hydrogen) atoms. The van der Waals surface area contributed by atoms with Gasteiger partial charge in [-0.2, -0.15) is 0 Å². The van der Waals surface area contributed by atoms with Gasteiger partial charge in [-0.15, -0.1) is 0 Å². The van der Waals surface area contributed by atoms with Gasteiger partial charge in [0.25, 0.3) is 0 Å². The van der Waals surface area contributed by atoms with Crippen molar-refractivity contribution >= 4 is 0 Å². The molecule has 1 aromatic heterocycles. The van der Waals surface area contributed by atoms with E-state index in [9.17, 15) is 0 Å². The zero-order chi connectivity index (χ0) is 9.84. The zero-order valence-corrected chi connectivity index (χ0v) is 8.41. The molecule has 0 spiro atoms. The van der Waals surface area contributed by atoms with Gasteiger partial charge in [0.05, 0.1) is 6.04 Å². The number of hydrogen-bond donors (Lipinski definition) is 2. The van der Waals surface area contributed by atoms with Crippen molar-refractivity contribution < 1.29 is 0 Å². The van der Waals surface area contributed by atoms with Gasteiger partial charge in [-0.1, -0.05) is 13.8 Å². The highest BCUT2D eigenvalue weighted by Crippen LogP contribution is 2.22. The lowest BCUT2D eigenvalue weighted by Gasteiger charge is -2.21. The lowest BCUT2D eigenvalue weighted by molar-refractivity contribution is 0.418. The fraction of sp³-hybridized carbons (Fsp3) is 0.500. The molecule has 1 heterocycles. The van der Waals surface area contributed by atoms with Gasteiger partial charge in [-0.05, 0) is 30.0 Å². The Labute approximate surface area is 79.3 Å². The SMILES string of the molecule is Cc1ccncc1C(NN)C(C)C. The summed E-state index contributed by atoms with van der Waals surface area (Å²) in [5, 5.41) is 0. The molecule has 1 aromatic rings. The van der Waals surface area contributed by atoms with E-state index < -0.39 is 0 Å². The molecule has 0 aliphatic rings. The molecule has 3 nitrogen and oxygen atoms in total. The summed E-state index contributed by atoms with van der Waals surface area (Å²) in [5.74, 6) is 5.96. The van der Waals surface area contributed by atoms with Gasteiger partial charge in [0.2, 0.25) is 0 Å². The highest BCUT2D eigenvalue weighted by atomic mass is 15.2. The van der Waals surface area contributed by atoms with Crippen LogP contribution in [0.1, 0.15) is 31.0 Å². The number of aryl methyl sites for hydroxylation is 1. The second kappa shape index (κ2) is 4.35. The van der Waals surface area contributed by atoms with E-state index in [0.717, 1.165) is 0 Å². The summed E-state index contributed by atoms with van der Waals surface area (Å²) >= 11 is 0. The molecule has 0 saturated carbocycles. The number of nitrogens with two attached hydrogens (primary N) is 1. The average molecular weight is 179 g/mol. The highest BCUT2D eigenvalue weighted by molar-refractivity contribution is 5.25. The summed E-state index contributed by atoms with van der Waals surface area (Å²) in [6, 6.07) is 2.19. The molecule has 1 rings (SSSR count). The summed E-state index contributed by atoms with van der Waals surface area (Å²) in [6.45, 7) is 6.34. The zero-order valence-electron chi connectivity index (χ0n) is 8.41. The number of pyridine rings is 1. The Hall–Kier alpha value is -0.930. The number of nitrogens with zero attached hydrogens (tertiary/aromatic N) is 1. The van der Waals surface area contributed by atoms with Crippen LogP contribution in [0, 0.1) is 12.8 Å². The van der Waals surface area contributed by atoms with Gasteiger partial charge in [0.1, 0.15) is 0 Å². The van der Waals surface area contributed by atoms with Crippen molar-refractivity contribution in [2.75, 3.05) is 0 Å². The Morgan fingerprint density at radius 2 is 2.15 bits per heavy atom. The third-order valence-corrected chi connectivity index (χ3v) is 2.26. The first-order chi connectivity index (χ1) is 6.16. The minimum atomic E-state index is 0.189. The van der Waals surface area contributed by atoms with E-state index >= 15 is 0 Å². The molecule has 0 fully saturated rings. The molecule has 0 radical (unpaired) electrons. The molecule has 72 valence electrons. The maximum atomic E-state index is 5.50. The largest absolute Gasteiger partial charge is 0.271 e. The van der Waals surface area contributed by atoms with Gasteiger partial charge in [0, 0.05) is 12.4 Å². The van der Waals surface area contributed by atoms with Gasteiger partial charge in [-0.25, -0.2) is 0 Å². The van der Waals surface area contributed by atoms with Crippen LogP contribution >= 0.6 is 0 Å².